The molecule has 1 aliphatic heterocycles. The highest BCUT2D eigenvalue weighted by atomic mass is 32.1. The van der Waals surface area contributed by atoms with E-state index in [4.69, 9.17) is 4.98 Å². The third-order valence-corrected chi connectivity index (χ3v) is 6.58. The first-order chi connectivity index (χ1) is 14.9. The third-order valence-electron chi connectivity index (χ3n) is 5.52. The second kappa shape index (κ2) is 8.99. The molecule has 3 aromatic rings. The minimum absolute atomic E-state index is 0.0205. The normalized spacial score (nSPS) is 14.7. The molecular weight excluding hydrogens is 414 g/mol. The average Bonchev–Trinajstić information content (AvgIpc) is 3.18. The van der Waals surface area contributed by atoms with Crippen LogP contribution < -0.4 is 10.2 Å². The fraction of sp³-hybridized carbons (Fsp3) is 0.364. The number of carbonyl (C=O) groups is 1. The van der Waals surface area contributed by atoms with Crippen molar-refractivity contribution in [3.05, 3.63) is 63.2 Å². The quantitative estimate of drug-likeness (QED) is 0.468. The maximum absolute atomic E-state index is 12.2. The van der Waals surface area contributed by atoms with Crippen LogP contribution in [0.25, 0.3) is 10.2 Å². The molecule has 0 spiro atoms. The lowest BCUT2D eigenvalue weighted by Crippen LogP contribution is -2.48. The number of fused-ring (bicyclic) bond motifs is 1. The number of amides is 1. The van der Waals surface area contributed by atoms with Gasteiger partial charge < -0.3 is 10.2 Å². The van der Waals surface area contributed by atoms with Gasteiger partial charge in [0.05, 0.1) is 15.1 Å². The molecule has 0 atom stereocenters. The van der Waals surface area contributed by atoms with E-state index >= 15 is 0 Å². The zero-order valence-corrected chi connectivity index (χ0v) is 18.4. The Morgan fingerprint density at radius 2 is 1.87 bits per heavy atom. The number of nitro groups is 1. The van der Waals surface area contributed by atoms with E-state index in [1.807, 2.05) is 0 Å². The van der Waals surface area contributed by atoms with Crippen LogP contribution in [0.3, 0.4) is 0 Å². The van der Waals surface area contributed by atoms with Crippen molar-refractivity contribution in [1.29, 1.82) is 0 Å². The van der Waals surface area contributed by atoms with Crippen LogP contribution in [0.4, 0.5) is 10.8 Å². The van der Waals surface area contributed by atoms with Gasteiger partial charge in [0.15, 0.2) is 5.13 Å². The van der Waals surface area contributed by atoms with Crippen LogP contribution in [-0.2, 0) is 0 Å². The molecule has 1 N–H and O–H groups in total. The molecule has 2 aromatic carbocycles. The van der Waals surface area contributed by atoms with E-state index in [0.717, 1.165) is 43.4 Å². The van der Waals surface area contributed by atoms with Gasteiger partial charge in [0.25, 0.3) is 11.6 Å². The van der Waals surface area contributed by atoms with Crippen LogP contribution in [0.2, 0.25) is 0 Å². The second-order valence-corrected chi connectivity index (χ2v) is 8.82. The van der Waals surface area contributed by atoms with Gasteiger partial charge >= 0.3 is 0 Å². The van der Waals surface area contributed by atoms with Crippen molar-refractivity contribution in [2.75, 3.05) is 44.2 Å². The number of aromatic nitrogens is 1. The summed E-state index contributed by atoms with van der Waals surface area (Å²) in [6.45, 7) is 9.19. The summed E-state index contributed by atoms with van der Waals surface area (Å²) in [7, 11) is 0. The number of piperazine rings is 1. The molecule has 1 amide bonds. The Morgan fingerprint density at radius 3 is 2.55 bits per heavy atom. The molecule has 4 rings (SSSR count). The summed E-state index contributed by atoms with van der Waals surface area (Å²) in [6.07, 6.45) is 0. The highest BCUT2D eigenvalue weighted by Gasteiger charge is 2.20. The van der Waals surface area contributed by atoms with Gasteiger partial charge in [-0.05, 0) is 43.2 Å². The summed E-state index contributed by atoms with van der Waals surface area (Å²) in [6, 6.07) is 10.0. The number of benzene rings is 2. The number of aryl methyl sites for hydroxylation is 2. The van der Waals surface area contributed by atoms with E-state index in [9.17, 15) is 14.9 Å². The van der Waals surface area contributed by atoms with Gasteiger partial charge in [-0.2, -0.15) is 0 Å². The van der Waals surface area contributed by atoms with Gasteiger partial charge in [-0.3, -0.25) is 19.8 Å². The van der Waals surface area contributed by atoms with Crippen molar-refractivity contribution in [1.82, 2.24) is 15.2 Å². The largest absolute Gasteiger partial charge is 0.351 e. The smallest absolute Gasteiger partial charge is 0.269 e. The third kappa shape index (κ3) is 4.83. The molecule has 8 nitrogen and oxygen atoms in total. The minimum Gasteiger partial charge on any atom is -0.351 e. The Bertz CT molecular complexity index is 1100. The SMILES string of the molecule is Cc1cc(C)c2nc(N3CCN(CCNC(=O)c4ccc([N+](=O)[O-])cc4)CC3)sc2c1. The number of nitro benzene ring substituents is 1. The number of nitrogens with zero attached hydrogens (tertiary/aromatic N) is 4. The molecule has 1 aromatic heterocycles. The van der Waals surface area contributed by atoms with Crippen molar-refractivity contribution in [3.8, 4) is 0 Å². The highest BCUT2D eigenvalue weighted by Crippen LogP contribution is 2.32. The number of hydrogen-bond acceptors (Lipinski definition) is 7. The molecule has 0 aliphatic carbocycles. The highest BCUT2D eigenvalue weighted by molar-refractivity contribution is 7.22. The Kier molecular flexibility index (Phi) is 6.15. The maximum Gasteiger partial charge on any atom is 0.269 e. The van der Waals surface area contributed by atoms with Crippen molar-refractivity contribution in [2.45, 2.75) is 13.8 Å². The number of rotatable bonds is 6. The van der Waals surface area contributed by atoms with Crippen molar-refractivity contribution < 1.29 is 9.72 Å². The van der Waals surface area contributed by atoms with E-state index < -0.39 is 4.92 Å². The molecule has 9 heteroatoms. The van der Waals surface area contributed by atoms with Crippen LogP contribution in [0.15, 0.2) is 36.4 Å². The maximum atomic E-state index is 12.2. The number of non-ortho nitro benzene ring substituents is 1. The molecule has 0 unspecified atom stereocenters. The molecule has 31 heavy (non-hydrogen) atoms. The first-order valence-electron chi connectivity index (χ1n) is 10.3. The lowest BCUT2D eigenvalue weighted by molar-refractivity contribution is -0.384. The summed E-state index contributed by atoms with van der Waals surface area (Å²) >= 11 is 1.75. The Balaban J connectivity index is 1.25. The van der Waals surface area contributed by atoms with E-state index in [2.05, 4.69) is 41.1 Å². The molecule has 1 saturated heterocycles. The van der Waals surface area contributed by atoms with Gasteiger partial charge in [0.2, 0.25) is 0 Å². The minimum atomic E-state index is -0.474. The Labute approximate surface area is 184 Å². The Morgan fingerprint density at radius 1 is 1.16 bits per heavy atom. The number of hydrogen-bond donors (Lipinski definition) is 1. The summed E-state index contributed by atoms with van der Waals surface area (Å²) in [5, 5.41) is 14.7. The molecule has 0 radical (unpaired) electrons. The van der Waals surface area contributed by atoms with Crippen molar-refractivity contribution in [2.24, 2.45) is 0 Å². The standard InChI is InChI=1S/C22H25N5O3S/c1-15-13-16(2)20-19(14-15)31-22(24-20)26-11-9-25(10-12-26)8-7-23-21(28)17-3-5-18(6-4-17)27(29)30/h3-6,13-14H,7-12H2,1-2H3,(H,23,28). The number of thiazole rings is 1. The van der Waals surface area contributed by atoms with E-state index in [1.165, 1.54) is 40.1 Å². The van der Waals surface area contributed by atoms with Crippen LogP contribution in [-0.4, -0.2) is 60.0 Å². The molecule has 0 saturated carbocycles. The summed E-state index contributed by atoms with van der Waals surface area (Å²) in [5.41, 5.74) is 3.99. The van der Waals surface area contributed by atoms with Crippen molar-refractivity contribution in [3.63, 3.8) is 0 Å². The first-order valence-corrected chi connectivity index (χ1v) is 11.1. The zero-order chi connectivity index (χ0) is 22.0. The van der Waals surface area contributed by atoms with Gasteiger partial charge in [-0.1, -0.05) is 17.4 Å². The van der Waals surface area contributed by atoms with Gasteiger partial charge in [-0.15, -0.1) is 0 Å². The summed E-state index contributed by atoms with van der Waals surface area (Å²) in [5.74, 6) is -0.214. The first kappa shape index (κ1) is 21.2. The van der Waals surface area contributed by atoms with E-state index in [1.54, 1.807) is 11.3 Å². The monoisotopic (exact) mass is 439 g/mol. The predicted octanol–water partition coefficient (Wildman–Crippen LogP) is 3.37. The topological polar surface area (TPSA) is 91.6 Å². The molecule has 1 fully saturated rings. The van der Waals surface area contributed by atoms with Gasteiger partial charge in [0, 0.05) is 57.0 Å². The fourth-order valence-corrected chi connectivity index (χ4v) is 5.01. The van der Waals surface area contributed by atoms with E-state index in [0.29, 0.717) is 12.1 Å². The molecule has 162 valence electrons. The van der Waals surface area contributed by atoms with Gasteiger partial charge in [0.1, 0.15) is 0 Å². The van der Waals surface area contributed by atoms with Gasteiger partial charge in [-0.25, -0.2) is 4.98 Å². The summed E-state index contributed by atoms with van der Waals surface area (Å²) in [4.78, 5) is 32.0. The fourth-order valence-electron chi connectivity index (χ4n) is 3.82. The van der Waals surface area contributed by atoms with Crippen LogP contribution >= 0.6 is 11.3 Å². The van der Waals surface area contributed by atoms with E-state index in [-0.39, 0.29) is 11.6 Å². The number of carbonyl (C=O) groups excluding carboxylic acids is 1. The molecule has 0 bridgehead atoms. The zero-order valence-electron chi connectivity index (χ0n) is 17.6. The lowest BCUT2D eigenvalue weighted by Gasteiger charge is -2.34. The Hall–Kier alpha value is -3.04. The van der Waals surface area contributed by atoms with Crippen LogP contribution in [0.1, 0.15) is 21.5 Å². The second-order valence-electron chi connectivity index (χ2n) is 7.81. The molecule has 1 aliphatic rings. The number of nitrogens with one attached hydrogen (secondary N) is 1. The van der Waals surface area contributed by atoms with Crippen molar-refractivity contribution >= 4 is 38.3 Å². The lowest BCUT2D eigenvalue weighted by atomic mass is 10.1. The predicted molar refractivity (Wildman–Crippen MR) is 123 cm³/mol. The summed E-state index contributed by atoms with van der Waals surface area (Å²) < 4.78 is 1.24. The van der Waals surface area contributed by atoms with Crippen LogP contribution in [0.5, 0.6) is 0 Å². The molecular formula is C22H25N5O3S. The van der Waals surface area contributed by atoms with Crippen LogP contribution in [0, 0.1) is 24.0 Å². The number of anilines is 1. The average molecular weight is 440 g/mol. The molecule has 2 heterocycles.